The van der Waals surface area contributed by atoms with Gasteiger partial charge in [0, 0.05) is 22.7 Å². The van der Waals surface area contributed by atoms with E-state index < -0.39 is 0 Å². The summed E-state index contributed by atoms with van der Waals surface area (Å²) in [6, 6.07) is 13.3. The van der Waals surface area contributed by atoms with Crippen molar-refractivity contribution in [1.82, 2.24) is 15.1 Å². The monoisotopic (exact) mass is 353 g/mol. The van der Waals surface area contributed by atoms with Crippen LogP contribution in [0.15, 0.2) is 64.6 Å². The molecule has 3 aromatic heterocycles. The SMILES string of the molecule is Fc1ccc(Oc2ccc(-c3noc(Cc4cccs4)n3)cn2)cc1. The Balaban J connectivity index is 1.46. The van der Waals surface area contributed by atoms with Gasteiger partial charge in [0.1, 0.15) is 11.6 Å². The predicted octanol–water partition coefficient (Wildman–Crippen LogP) is 4.72. The molecule has 0 atom stereocenters. The zero-order valence-corrected chi connectivity index (χ0v) is 13.7. The van der Waals surface area contributed by atoms with Crippen molar-refractivity contribution in [2.45, 2.75) is 6.42 Å². The second-order valence-electron chi connectivity index (χ2n) is 5.21. The van der Waals surface area contributed by atoms with E-state index in [9.17, 15) is 4.39 Å². The van der Waals surface area contributed by atoms with Gasteiger partial charge in [0.05, 0.1) is 6.42 Å². The lowest BCUT2D eigenvalue weighted by atomic mass is 10.2. The van der Waals surface area contributed by atoms with Crippen LogP contribution in [0.3, 0.4) is 0 Å². The minimum atomic E-state index is -0.314. The zero-order valence-electron chi connectivity index (χ0n) is 12.9. The maximum Gasteiger partial charge on any atom is 0.232 e. The van der Waals surface area contributed by atoms with Crippen molar-refractivity contribution in [1.29, 1.82) is 0 Å². The molecule has 0 saturated heterocycles. The molecular formula is C18H12FN3O2S. The van der Waals surface area contributed by atoms with Gasteiger partial charge >= 0.3 is 0 Å². The highest BCUT2D eigenvalue weighted by atomic mass is 32.1. The molecule has 0 saturated carbocycles. The van der Waals surface area contributed by atoms with E-state index in [4.69, 9.17) is 9.26 Å². The number of benzene rings is 1. The largest absolute Gasteiger partial charge is 0.439 e. The van der Waals surface area contributed by atoms with Gasteiger partial charge in [-0.2, -0.15) is 4.98 Å². The van der Waals surface area contributed by atoms with Crippen molar-refractivity contribution in [3.63, 3.8) is 0 Å². The molecule has 0 aliphatic heterocycles. The van der Waals surface area contributed by atoms with Crippen LogP contribution in [0, 0.1) is 5.82 Å². The summed E-state index contributed by atoms with van der Waals surface area (Å²) in [4.78, 5) is 9.77. The van der Waals surface area contributed by atoms with Gasteiger partial charge in [-0.25, -0.2) is 9.37 Å². The Morgan fingerprint density at radius 1 is 1.08 bits per heavy atom. The Bertz CT molecular complexity index is 951. The second-order valence-corrected chi connectivity index (χ2v) is 6.24. The van der Waals surface area contributed by atoms with Crippen LogP contribution in [0.2, 0.25) is 0 Å². The lowest BCUT2D eigenvalue weighted by Crippen LogP contribution is -1.90. The highest BCUT2D eigenvalue weighted by Gasteiger charge is 2.10. The van der Waals surface area contributed by atoms with Crippen LogP contribution in [0.5, 0.6) is 11.6 Å². The van der Waals surface area contributed by atoms with E-state index in [1.54, 1.807) is 41.8 Å². The topological polar surface area (TPSA) is 61.0 Å². The van der Waals surface area contributed by atoms with Gasteiger partial charge in [-0.05, 0) is 41.8 Å². The summed E-state index contributed by atoms with van der Waals surface area (Å²) in [5.74, 6) is 1.64. The van der Waals surface area contributed by atoms with E-state index >= 15 is 0 Å². The number of halogens is 1. The molecule has 7 heteroatoms. The van der Waals surface area contributed by atoms with E-state index in [0.717, 1.165) is 10.4 Å². The third-order valence-corrected chi connectivity index (χ3v) is 4.28. The number of ether oxygens (including phenoxy) is 1. The van der Waals surface area contributed by atoms with Crippen molar-refractivity contribution in [2.75, 3.05) is 0 Å². The molecule has 0 radical (unpaired) electrons. The Kier molecular flexibility index (Phi) is 4.22. The van der Waals surface area contributed by atoms with Gasteiger partial charge in [-0.3, -0.25) is 0 Å². The van der Waals surface area contributed by atoms with E-state index in [1.807, 2.05) is 17.5 Å². The molecule has 1 aromatic carbocycles. The van der Waals surface area contributed by atoms with E-state index in [0.29, 0.717) is 29.8 Å². The Morgan fingerprint density at radius 2 is 1.96 bits per heavy atom. The fourth-order valence-corrected chi connectivity index (χ4v) is 2.90. The average molecular weight is 353 g/mol. The molecule has 4 aromatic rings. The summed E-state index contributed by atoms with van der Waals surface area (Å²) >= 11 is 1.65. The van der Waals surface area contributed by atoms with Crippen LogP contribution in [0.4, 0.5) is 4.39 Å². The number of thiophene rings is 1. The number of hydrogen-bond acceptors (Lipinski definition) is 6. The van der Waals surface area contributed by atoms with E-state index in [1.165, 1.54) is 12.1 Å². The van der Waals surface area contributed by atoms with E-state index in [2.05, 4.69) is 15.1 Å². The maximum atomic E-state index is 12.9. The summed E-state index contributed by atoms with van der Waals surface area (Å²) in [5, 5.41) is 6.00. The van der Waals surface area contributed by atoms with Crippen LogP contribution < -0.4 is 4.74 Å². The van der Waals surface area contributed by atoms with Crippen LogP contribution in [0.25, 0.3) is 11.4 Å². The number of nitrogens with zero attached hydrogens (tertiary/aromatic N) is 3. The third-order valence-electron chi connectivity index (χ3n) is 3.40. The number of rotatable bonds is 5. The van der Waals surface area contributed by atoms with Gasteiger partial charge in [-0.1, -0.05) is 11.2 Å². The molecule has 0 fully saturated rings. The lowest BCUT2D eigenvalue weighted by molar-refractivity contribution is 0.386. The quantitative estimate of drug-likeness (QED) is 0.520. The van der Waals surface area contributed by atoms with Crippen molar-refractivity contribution in [3.8, 4) is 23.0 Å². The standard InChI is InChI=1S/C18H12FN3O2S/c19-13-4-6-14(7-5-13)23-16-8-3-12(11-20-16)18-21-17(24-22-18)10-15-2-1-9-25-15/h1-9,11H,10H2. The fraction of sp³-hybridized carbons (Fsp3) is 0.0556. The van der Waals surface area contributed by atoms with Crippen LogP contribution in [-0.2, 0) is 6.42 Å². The predicted molar refractivity (Wildman–Crippen MR) is 91.1 cm³/mol. The van der Waals surface area contributed by atoms with Gasteiger partial charge in [0.25, 0.3) is 0 Å². The molecule has 0 N–H and O–H groups in total. The second kappa shape index (κ2) is 6.82. The molecule has 0 amide bonds. The first-order valence-corrected chi connectivity index (χ1v) is 8.39. The first-order chi connectivity index (χ1) is 12.3. The van der Waals surface area contributed by atoms with Crippen molar-refractivity contribution in [3.05, 3.63) is 76.7 Å². The molecule has 4 rings (SSSR count). The van der Waals surface area contributed by atoms with E-state index in [-0.39, 0.29) is 5.82 Å². The van der Waals surface area contributed by atoms with Crippen LogP contribution in [-0.4, -0.2) is 15.1 Å². The number of aromatic nitrogens is 3. The van der Waals surface area contributed by atoms with Crippen LogP contribution >= 0.6 is 11.3 Å². The Morgan fingerprint density at radius 3 is 2.68 bits per heavy atom. The molecule has 124 valence electrons. The van der Waals surface area contributed by atoms with Gasteiger partial charge in [-0.15, -0.1) is 11.3 Å². The smallest absolute Gasteiger partial charge is 0.232 e. The highest BCUT2D eigenvalue weighted by Crippen LogP contribution is 2.23. The molecule has 0 aliphatic rings. The third kappa shape index (κ3) is 3.72. The first-order valence-electron chi connectivity index (χ1n) is 7.51. The molecule has 0 aliphatic carbocycles. The molecular weight excluding hydrogens is 341 g/mol. The summed E-state index contributed by atoms with van der Waals surface area (Å²) in [5.41, 5.74) is 0.729. The number of hydrogen-bond donors (Lipinski definition) is 0. The van der Waals surface area contributed by atoms with Gasteiger partial charge in [0.15, 0.2) is 0 Å². The lowest BCUT2D eigenvalue weighted by Gasteiger charge is -2.04. The van der Waals surface area contributed by atoms with Crippen molar-refractivity contribution in [2.24, 2.45) is 0 Å². The summed E-state index contributed by atoms with van der Waals surface area (Å²) in [6.07, 6.45) is 2.22. The normalized spacial score (nSPS) is 10.8. The molecule has 5 nitrogen and oxygen atoms in total. The minimum Gasteiger partial charge on any atom is -0.439 e. The minimum absolute atomic E-state index is 0.314. The molecule has 0 unspecified atom stereocenters. The van der Waals surface area contributed by atoms with Crippen LogP contribution in [0.1, 0.15) is 10.8 Å². The maximum absolute atomic E-state index is 12.9. The molecule has 25 heavy (non-hydrogen) atoms. The van der Waals surface area contributed by atoms with Gasteiger partial charge < -0.3 is 9.26 Å². The first kappa shape index (κ1) is 15.5. The average Bonchev–Trinajstić information content (AvgIpc) is 3.30. The zero-order chi connectivity index (χ0) is 17.1. The summed E-state index contributed by atoms with van der Waals surface area (Å²) in [7, 11) is 0. The number of pyridine rings is 1. The molecule has 0 bridgehead atoms. The Labute approximate surface area is 146 Å². The van der Waals surface area contributed by atoms with Crippen molar-refractivity contribution >= 4 is 11.3 Å². The highest BCUT2D eigenvalue weighted by molar-refractivity contribution is 7.09. The summed E-state index contributed by atoms with van der Waals surface area (Å²) < 4.78 is 23.7. The molecule has 3 heterocycles. The summed E-state index contributed by atoms with van der Waals surface area (Å²) in [6.45, 7) is 0. The fourth-order valence-electron chi connectivity index (χ4n) is 2.20. The van der Waals surface area contributed by atoms with Crippen molar-refractivity contribution < 1.29 is 13.7 Å². The Hall–Kier alpha value is -3.06. The molecule has 0 spiro atoms. The van der Waals surface area contributed by atoms with Gasteiger partial charge in [0.2, 0.25) is 17.6 Å².